The van der Waals surface area contributed by atoms with Crippen molar-refractivity contribution in [2.75, 3.05) is 47.5 Å². The molecule has 0 atom stereocenters. The highest BCUT2D eigenvalue weighted by molar-refractivity contribution is 7.89. The van der Waals surface area contributed by atoms with Gasteiger partial charge in [-0.3, -0.25) is 4.90 Å². The molecule has 0 spiro atoms. The lowest BCUT2D eigenvalue weighted by molar-refractivity contribution is 0.181. The van der Waals surface area contributed by atoms with E-state index in [-0.39, 0.29) is 0 Å². The van der Waals surface area contributed by atoms with Gasteiger partial charge in [0, 0.05) is 32.7 Å². The third kappa shape index (κ3) is 4.66. The molecule has 0 radical (unpaired) electrons. The molecule has 1 aliphatic rings. The molecule has 3 rings (SSSR count). The van der Waals surface area contributed by atoms with E-state index < -0.39 is 10.0 Å². The number of hydrogen-bond donors (Lipinski definition) is 0. The maximum Gasteiger partial charge on any atom is 0.243 e. The van der Waals surface area contributed by atoms with E-state index in [1.165, 1.54) is 0 Å². The summed E-state index contributed by atoms with van der Waals surface area (Å²) < 4.78 is 43.2. The van der Waals surface area contributed by atoms with Gasteiger partial charge in [-0.05, 0) is 54.4 Å². The van der Waals surface area contributed by atoms with Gasteiger partial charge in [0.2, 0.25) is 10.0 Å². The molecule has 0 amide bonds. The second-order valence-corrected chi connectivity index (χ2v) is 8.93. The molecule has 7 nitrogen and oxygen atoms in total. The summed E-state index contributed by atoms with van der Waals surface area (Å²) in [6, 6.07) is 10.5. The van der Waals surface area contributed by atoms with Crippen LogP contribution in [-0.2, 0) is 16.6 Å². The predicted octanol–water partition coefficient (Wildman–Crippen LogP) is 2.53. The van der Waals surface area contributed by atoms with Gasteiger partial charge in [-0.25, -0.2) is 8.42 Å². The number of rotatable bonds is 7. The summed E-state index contributed by atoms with van der Waals surface area (Å²) >= 11 is 0. The minimum atomic E-state index is -3.50. The van der Waals surface area contributed by atoms with E-state index in [1.807, 2.05) is 19.1 Å². The molecule has 1 heterocycles. The fraction of sp³-hybridized carbons (Fsp3) is 0.429. The van der Waals surface area contributed by atoms with Gasteiger partial charge in [0.25, 0.3) is 0 Å². The lowest BCUT2D eigenvalue weighted by Gasteiger charge is -2.34. The maximum atomic E-state index is 12.9. The van der Waals surface area contributed by atoms with Crippen LogP contribution in [0.5, 0.6) is 17.2 Å². The highest BCUT2D eigenvalue weighted by Crippen LogP contribution is 2.31. The minimum Gasteiger partial charge on any atom is -0.497 e. The first-order valence-electron chi connectivity index (χ1n) is 9.47. The van der Waals surface area contributed by atoms with Crippen molar-refractivity contribution in [1.29, 1.82) is 0 Å². The van der Waals surface area contributed by atoms with Crippen LogP contribution in [0.3, 0.4) is 0 Å². The van der Waals surface area contributed by atoms with Crippen LogP contribution < -0.4 is 14.2 Å². The molecule has 1 saturated heterocycles. The quantitative estimate of drug-likeness (QED) is 0.686. The number of piperazine rings is 1. The third-order valence-electron chi connectivity index (χ3n) is 5.26. The highest BCUT2D eigenvalue weighted by atomic mass is 32.2. The van der Waals surface area contributed by atoms with Crippen molar-refractivity contribution in [2.45, 2.75) is 18.4 Å². The Bertz CT molecular complexity index is 936. The van der Waals surface area contributed by atoms with Crippen LogP contribution in [0.1, 0.15) is 11.1 Å². The average Bonchev–Trinajstić information content (AvgIpc) is 2.75. The number of ether oxygens (including phenoxy) is 3. The Hall–Kier alpha value is -2.29. The Balaban J connectivity index is 1.66. The Kier molecular flexibility index (Phi) is 6.66. The smallest absolute Gasteiger partial charge is 0.243 e. The van der Waals surface area contributed by atoms with Crippen LogP contribution in [0, 0.1) is 6.92 Å². The van der Waals surface area contributed by atoms with Gasteiger partial charge < -0.3 is 14.2 Å². The van der Waals surface area contributed by atoms with Gasteiger partial charge in [0.05, 0.1) is 26.2 Å². The number of nitrogens with zero attached hydrogens (tertiary/aromatic N) is 2. The van der Waals surface area contributed by atoms with E-state index in [1.54, 1.807) is 49.9 Å². The molecule has 2 aromatic carbocycles. The summed E-state index contributed by atoms with van der Waals surface area (Å²) in [6.07, 6.45) is 0. The van der Waals surface area contributed by atoms with Crippen LogP contribution >= 0.6 is 0 Å². The van der Waals surface area contributed by atoms with Crippen molar-refractivity contribution in [3.63, 3.8) is 0 Å². The number of aryl methyl sites for hydroxylation is 1. The Morgan fingerprint density at radius 3 is 2.00 bits per heavy atom. The molecular weight excluding hydrogens is 392 g/mol. The normalized spacial score (nSPS) is 15.9. The van der Waals surface area contributed by atoms with Crippen molar-refractivity contribution in [1.82, 2.24) is 9.21 Å². The summed E-state index contributed by atoms with van der Waals surface area (Å²) in [6.45, 7) is 5.04. The molecule has 0 aromatic heterocycles. The lowest BCUT2D eigenvalue weighted by Crippen LogP contribution is -2.48. The Labute approximate surface area is 172 Å². The van der Waals surface area contributed by atoms with E-state index >= 15 is 0 Å². The molecule has 0 saturated carbocycles. The molecule has 0 bridgehead atoms. The number of hydrogen-bond acceptors (Lipinski definition) is 6. The standard InChI is InChI=1S/C21H28N2O5S/c1-16-13-20(27-3)21(28-4)14-17(16)15-22-9-11-23(12-10-22)29(24,25)19-7-5-18(26-2)6-8-19/h5-8,13-14H,9-12,15H2,1-4H3. The monoisotopic (exact) mass is 420 g/mol. The summed E-state index contributed by atoms with van der Waals surface area (Å²) in [4.78, 5) is 2.55. The van der Waals surface area contributed by atoms with E-state index in [2.05, 4.69) is 4.90 Å². The number of sulfonamides is 1. The lowest BCUT2D eigenvalue weighted by atomic mass is 10.1. The van der Waals surface area contributed by atoms with Crippen molar-refractivity contribution in [3.8, 4) is 17.2 Å². The van der Waals surface area contributed by atoms with E-state index in [4.69, 9.17) is 14.2 Å². The summed E-state index contributed by atoms with van der Waals surface area (Å²) in [5.74, 6) is 2.05. The SMILES string of the molecule is COc1ccc(S(=O)(=O)N2CCN(Cc3cc(OC)c(OC)cc3C)CC2)cc1. The topological polar surface area (TPSA) is 68.3 Å². The predicted molar refractivity (Wildman–Crippen MR) is 111 cm³/mol. The molecule has 1 fully saturated rings. The van der Waals surface area contributed by atoms with Crippen LogP contribution in [0.2, 0.25) is 0 Å². The first kappa shape index (κ1) is 21.4. The Morgan fingerprint density at radius 1 is 0.862 bits per heavy atom. The summed E-state index contributed by atoms with van der Waals surface area (Å²) in [5, 5.41) is 0. The van der Waals surface area contributed by atoms with Crippen molar-refractivity contribution < 1.29 is 22.6 Å². The highest BCUT2D eigenvalue weighted by Gasteiger charge is 2.28. The molecule has 2 aromatic rings. The van der Waals surface area contributed by atoms with Gasteiger partial charge in [-0.2, -0.15) is 4.31 Å². The molecule has 0 unspecified atom stereocenters. The molecule has 8 heteroatoms. The zero-order valence-electron chi connectivity index (χ0n) is 17.3. The van der Waals surface area contributed by atoms with E-state index in [0.717, 1.165) is 17.7 Å². The molecular formula is C21H28N2O5S. The van der Waals surface area contributed by atoms with Gasteiger partial charge in [0.1, 0.15) is 5.75 Å². The minimum absolute atomic E-state index is 0.294. The largest absolute Gasteiger partial charge is 0.497 e. The molecule has 29 heavy (non-hydrogen) atoms. The summed E-state index contributed by atoms with van der Waals surface area (Å²) in [5.41, 5.74) is 2.27. The first-order chi connectivity index (χ1) is 13.9. The van der Waals surface area contributed by atoms with Crippen LogP contribution in [0.15, 0.2) is 41.3 Å². The number of methoxy groups -OCH3 is 3. The third-order valence-corrected chi connectivity index (χ3v) is 7.18. The van der Waals surface area contributed by atoms with E-state index in [9.17, 15) is 8.42 Å². The van der Waals surface area contributed by atoms with Crippen LogP contribution in [0.4, 0.5) is 0 Å². The van der Waals surface area contributed by atoms with Gasteiger partial charge in [-0.15, -0.1) is 0 Å². The van der Waals surface area contributed by atoms with Crippen molar-refractivity contribution in [2.24, 2.45) is 0 Å². The zero-order chi connectivity index (χ0) is 21.0. The second-order valence-electron chi connectivity index (χ2n) is 6.99. The van der Waals surface area contributed by atoms with Gasteiger partial charge in [0.15, 0.2) is 11.5 Å². The fourth-order valence-corrected chi connectivity index (χ4v) is 4.88. The molecule has 0 aliphatic carbocycles. The fourth-order valence-electron chi connectivity index (χ4n) is 3.46. The second kappa shape index (κ2) is 9.02. The van der Waals surface area contributed by atoms with Crippen LogP contribution in [0.25, 0.3) is 0 Å². The van der Waals surface area contributed by atoms with Gasteiger partial charge >= 0.3 is 0 Å². The molecule has 158 valence electrons. The van der Waals surface area contributed by atoms with Crippen molar-refractivity contribution >= 4 is 10.0 Å². The van der Waals surface area contributed by atoms with E-state index in [0.29, 0.717) is 48.3 Å². The van der Waals surface area contributed by atoms with Crippen molar-refractivity contribution in [3.05, 3.63) is 47.5 Å². The van der Waals surface area contributed by atoms with Crippen LogP contribution in [-0.4, -0.2) is 65.1 Å². The summed E-state index contributed by atoms with van der Waals surface area (Å²) in [7, 11) is 1.31. The zero-order valence-corrected chi connectivity index (χ0v) is 18.2. The Morgan fingerprint density at radius 2 is 1.45 bits per heavy atom. The molecule has 1 aliphatic heterocycles. The maximum absolute atomic E-state index is 12.9. The van der Waals surface area contributed by atoms with Gasteiger partial charge in [-0.1, -0.05) is 0 Å². The molecule has 0 N–H and O–H groups in total. The first-order valence-corrected chi connectivity index (χ1v) is 10.9. The number of benzene rings is 2. The average molecular weight is 421 g/mol.